The van der Waals surface area contributed by atoms with E-state index in [-0.39, 0.29) is 0 Å². The molecule has 1 atom stereocenters. The lowest BCUT2D eigenvalue weighted by Gasteiger charge is -2.11. The lowest BCUT2D eigenvalue weighted by atomic mass is 10.2. The fourth-order valence-electron chi connectivity index (χ4n) is 1.33. The minimum Gasteiger partial charge on any atom is -0.385 e. The number of likely N-dealkylation sites (N-methyl/N-ethyl adjacent to an activating group) is 1. The third kappa shape index (κ3) is 1.65. The molecule has 4 heteroatoms. The van der Waals surface area contributed by atoms with Crippen molar-refractivity contribution in [2.75, 3.05) is 13.6 Å². The molecule has 1 aromatic rings. The molecule has 1 unspecified atom stereocenters. The van der Waals surface area contributed by atoms with Crippen molar-refractivity contribution in [1.82, 2.24) is 15.1 Å². The first-order valence-electron chi connectivity index (χ1n) is 3.98. The molecule has 0 saturated heterocycles. The van der Waals surface area contributed by atoms with E-state index in [1.54, 1.807) is 10.9 Å². The standard InChI is InChI=1S/C8H15N3O/c1-6-4-10-11(3)8(6)7(12)5-9-2/h4,7,9,12H,5H2,1-3H3. The van der Waals surface area contributed by atoms with Crippen LogP contribution in [-0.4, -0.2) is 28.5 Å². The largest absolute Gasteiger partial charge is 0.385 e. The van der Waals surface area contributed by atoms with Gasteiger partial charge in [0, 0.05) is 13.6 Å². The molecule has 0 aliphatic rings. The Hall–Kier alpha value is -0.870. The van der Waals surface area contributed by atoms with Gasteiger partial charge in [-0.15, -0.1) is 0 Å². The topological polar surface area (TPSA) is 50.1 Å². The number of aryl methyl sites for hydroxylation is 2. The van der Waals surface area contributed by atoms with Gasteiger partial charge in [-0.1, -0.05) is 0 Å². The predicted octanol–water partition coefficient (Wildman–Crippen LogP) is -0.0187. The fourth-order valence-corrected chi connectivity index (χ4v) is 1.33. The fraction of sp³-hybridized carbons (Fsp3) is 0.625. The molecule has 0 bridgehead atoms. The van der Waals surface area contributed by atoms with Crippen molar-refractivity contribution in [1.29, 1.82) is 0 Å². The first-order valence-corrected chi connectivity index (χ1v) is 3.98. The lowest BCUT2D eigenvalue weighted by molar-refractivity contribution is 0.167. The Morgan fingerprint density at radius 3 is 2.83 bits per heavy atom. The van der Waals surface area contributed by atoms with Gasteiger partial charge >= 0.3 is 0 Å². The monoisotopic (exact) mass is 169 g/mol. The van der Waals surface area contributed by atoms with Crippen molar-refractivity contribution >= 4 is 0 Å². The average molecular weight is 169 g/mol. The second kappa shape index (κ2) is 3.69. The smallest absolute Gasteiger partial charge is 0.108 e. The number of aliphatic hydroxyl groups excluding tert-OH is 1. The number of hydrogen-bond acceptors (Lipinski definition) is 3. The molecule has 0 aromatic carbocycles. The summed E-state index contributed by atoms with van der Waals surface area (Å²) in [6, 6.07) is 0. The lowest BCUT2D eigenvalue weighted by Crippen LogP contribution is -2.19. The van der Waals surface area contributed by atoms with Crippen LogP contribution in [-0.2, 0) is 7.05 Å². The van der Waals surface area contributed by atoms with Gasteiger partial charge in [0.25, 0.3) is 0 Å². The van der Waals surface area contributed by atoms with E-state index in [1.165, 1.54) is 0 Å². The Labute approximate surface area is 72.2 Å². The zero-order chi connectivity index (χ0) is 9.14. The van der Waals surface area contributed by atoms with E-state index < -0.39 is 6.10 Å². The van der Waals surface area contributed by atoms with E-state index in [1.807, 2.05) is 21.0 Å². The third-order valence-electron chi connectivity index (χ3n) is 1.89. The molecular formula is C8H15N3O. The van der Waals surface area contributed by atoms with E-state index in [9.17, 15) is 5.11 Å². The summed E-state index contributed by atoms with van der Waals surface area (Å²) >= 11 is 0. The zero-order valence-electron chi connectivity index (χ0n) is 7.70. The highest BCUT2D eigenvalue weighted by atomic mass is 16.3. The second-order valence-corrected chi connectivity index (χ2v) is 2.91. The molecule has 0 saturated carbocycles. The summed E-state index contributed by atoms with van der Waals surface area (Å²) in [5, 5.41) is 16.6. The Bertz CT molecular complexity index is 237. The van der Waals surface area contributed by atoms with Crippen molar-refractivity contribution in [3.8, 4) is 0 Å². The second-order valence-electron chi connectivity index (χ2n) is 2.91. The molecule has 1 rings (SSSR count). The summed E-state index contributed by atoms with van der Waals surface area (Å²) in [7, 11) is 3.65. The van der Waals surface area contributed by atoms with Gasteiger partial charge in [0.1, 0.15) is 6.10 Å². The molecule has 0 aliphatic heterocycles. The Morgan fingerprint density at radius 1 is 1.75 bits per heavy atom. The molecule has 0 fully saturated rings. The summed E-state index contributed by atoms with van der Waals surface area (Å²) in [5.74, 6) is 0. The third-order valence-corrected chi connectivity index (χ3v) is 1.89. The predicted molar refractivity (Wildman–Crippen MR) is 46.8 cm³/mol. The van der Waals surface area contributed by atoms with Crippen molar-refractivity contribution < 1.29 is 5.11 Å². The number of hydrogen-bond donors (Lipinski definition) is 2. The molecule has 12 heavy (non-hydrogen) atoms. The van der Waals surface area contributed by atoms with Gasteiger partial charge < -0.3 is 10.4 Å². The highest BCUT2D eigenvalue weighted by Gasteiger charge is 2.13. The highest BCUT2D eigenvalue weighted by Crippen LogP contribution is 2.14. The van der Waals surface area contributed by atoms with Gasteiger partial charge in [0.2, 0.25) is 0 Å². The first kappa shape index (κ1) is 9.22. The van der Waals surface area contributed by atoms with Crippen molar-refractivity contribution in [3.05, 3.63) is 17.5 Å². The van der Waals surface area contributed by atoms with Gasteiger partial charge in [-0.05, 0) is 19.5 Å². The highest BCUT2D eigenvalue weighted by molar-refractivity contribution is 5.18. The Morgan fingerprint density at radius 2 is 2.42 bits per heavy atom. The number of aromatic nitrogens is 2. The maximum atomic E-state index is 9.65. The molecule has 4 nitrogen and oxygen atoms in total. The number of aliphatic hydroxyl groups is 1. The Kier molecular flexibility index (Phi) is 2.83. The van der Waals surface area contributed by atoms with Gasteiger partial charge in [-0.2, -0.15) is 5.10 Å². The molecule has 2 N–H and O–H groups in total. The van der Waals surface area contributed by atoms with Crippen LogP contribution in [0.25, 0.3) is 0 Å². The van der Waals surface area contributed by atoms with Crippen LogP contribution in [0.1, 0.15) is 17.4 Å². The molecular weight excluding hydrogens is 154 g/mol. The van der Waals surface area contributed by atoms with Crippen LogP contribution in [0.5, 0.6) is 0 Å². The van der Waals surface area contributed by atoms with Crippen LogP contribution in [0.2, 0.25) is 0 Å². The van der Waals surface area contributed by atoms with Crippen LogP contribution in [0.15, 0.2) is 6.20 Å². The average Bonchev–Trinajstić information content (AvgIpc) is 2.32. The van der Waals surface area contributed by atoms with Crippen LogP contribution in [0, 0.1) is 6.92 Å². The summed E-state index contributed by atoms with van der Waals surface area (Å²) < 4.78 is 1.71. The van der Waals surface area contributed by atoms with Crippen molar-refractivity contribution in [2.24, 2.45) is 7.05 Å². The van der Waals surface area contributed by atoms with E-state index in [0.29, 0.717) is 6.54 Å². The maximum Gasteiger partial charge on any atom is 0.108 e. The first-order chi connectivity index (χ1) is 5.66. The minimum absolute atomic E-state index is 0.470. The number of nitrogens with zero attached hydrogens (tertiary/aromatic N) is 2. The van der Waals surface area contributed by atoms with E-state index in [0.717, 1.165) is 11.3 Å². The number of rotatable bonds is 3. The van der Waals surface area contributed by atoms with Crippen LogP contribution in [0.4, 0.5) is 0 Å². The van der Waals surface area contributed by atoms with E-state index in [4.69, 9.17) is 0 Å². The van der Waals surface area contributed by atoms with E-state index in [2.05, 4.69) is 10.4 Å². The molecule has 68 valence electrons. The number of nitrogens with one attached hydrogen (secondary N) is 1. The van der Waals surface area contributed by atoms with Gasteiger partial charge in [0.05, 0.1) is 11.9 Å². The summed E-state index contributed by atoms with van der Waals surface area (Å²) in [6.07, 6.45) is 1.29. The zero-order valence-corrected chi connectivity index (χ0v) is 7.70. The molecule has 0 spiro atoms. The van der Waals surface area contributed by atoms with Crippen molar-refractivity contribution in [2.45, 2.75) is 13.0 Å². The normalized spacial score (nSPS) is 13.3. The minimum atomic E-state index is -0.470. The van der Waals surface area contributed by atoms with Gasteiger partial charge in [-0.25, -0.2) is 0 Å². The molecule has 1 heterocycles. The van der Waals surface area contributed by atoms with Crippen LogP contribution >= 0.6 is 0 Å². The van der Waals surface area contributed by atoms with Gasteiger partial charge in [0.15, 0.2) is 0 Å². The molecule has 0 radical (unpaired) electrons. The quantitative estimate of drug-likeness (QED) is 0.668. The molecule has 0 aliphatic carbocycles. The maximum absolute atomic E-state index is 9.65. The van der Waals surface area contributed by atoms with Gasteiger partial charge in [-0.3, -0.25) is 4.68 Å². The summed E-state index contributed by atoms with van der Waals surface area (Å²) in [4.78, 5) is 0. The SMILES string of the molecule is CNCC(O)c1c(C)cnn1C. The molecule has 1 aromatic heterocycles. The van der Waals surface area contributed by atoms with Crippen LogP contribution in [0.3, 0.4) is 0 Å². The summed E-state index contributed by atoms with van der Waals surface area (Å²) in [6.45, 7) is 2.50. The Balaban J connectivity index is 2.85. The van der Waals surface area contributed by atoms with Crippen LogP contribution < -0.4 is 5.32 Å². The summed E-state index contributed by atoms with van der Waals surface area (Å²) in [5.41, 5.74) is 1.91. The van der Waals surface area contributed by atoms with Crippen molar-refractivity contribution in [3.63, 3.8) is 0 Å². The van der Waals surface area contributed by atoms with E-state index >= 15 is 0 Å². The molecule has 0 amide bonds.